The molecule has 0 aromatic carbocycles. The van der Waals surface area contributed by atoms with Crippen molar-refractivity contribution in [1.82, 2.24) is 4.37 Å². The zero-order valence-electron chi connectivity index (χ0n) is 8.46. The average Bonchev–Trinajstić information content (AvgIpc) is 2.86. The van der Waals surface area contributed by atoms with Crippen LogP contribution in [0.2, 0.25) is 0 Å². The Morgan fingerprint density at radius 2 is 2.36 bits per heavy atom. The van der Waals surface area contributed by atoms with Crippen molar-refractivity contribution in [1.29, 1.82) is 0 Å². The van der Waals surface area contributed by atoms with E-state index >= 15 is 0 Å². The first-order chi connectivity index (χ1) is 6.68. The molecule has 0 atom stereocenters. The van der Waals surface area contributed by atoms with Gasteiger partial charge in [-0.05, 0) is 44.1 Å². The Balaban J connectivity index is 2.10. The van der Waals surface area contributed by atoms with E-state index in [-0.39, 0.29) is 5.78 Å². The van der Waals surface area contributed by atoms with Crippen LogP contribution >= 0.6 is 11.5 Å². The lowest BCUT2D eigenvalue weighted by molar-refractivity contribution is 0.101. The highest BCUT2D eigenvalue weighted by atomic mass is 32.1. The third-order valence-electron chi connectivity index (χ3n) is 2.46. The first-order valence-corrected chi connectivity index (χ1v) is 5.67. The minimum Gasteiger partial charge on any atom is -0.375 e. The second-order valence-corrected chi connectivity index (χ2v) is 4.63. The first kappa shape index (κ1) is 9.65. The van der Waals surface area contributed by atoms with Gasteiger partial charge in [-0.3, -0.25) is 4.79 Å². The standard InChI is InChI=1S/C10H14N2OS/c1-6-9(7(2)13)10(14-12-6)11-5-8-3-4-8/h8,11H,3-5H2,1-2H3. The second-order valence-electron chi connectivity index (χ2n) is 3.85. The largest absolute Gasteiger partial charge is 0.375 e. The number of aryl methyl sites for hydroxylation is 1. The molecule has 1 saturated carbocycles. The number of hydrogen-bond donors (Lipinski definition) is 1. The van der Waals surface area contributed by atoms with Gasteiger partial charge < -0.3 is 5.32 Å². The lowest BCUT2D eigenvalue weighted by Gasteiger charge is -2.03. The molecule has 1 fully saturated rings. The van der Waals surface area contributed by atoms with Gasteiger partial charge in [-0.1, -0.05) is 0 Å². The summed E-state index contributed by atoms with van der Waals surface area (Å²) >= 11 is 1.39. The van der Waals surface area contributed by atoms with Gasteiger partial charge in [0.05, 0.1) is 11.3 Å². The van der Waals surface area contributed by atoms with E-state index in [1.807, 2.05) is 6.92 Å². The number of nitrogens with zero attached hydrogens (tertiary/aromatic N) is 1. The molecule has 0 unspecified atom stereocenters. The molecule has 1 aliphatic carbocycles. The molecule has 0 amide bonds. The van der Waals surface area contributed by atoms with Crippen molar-refractivity contribution in [2.24, 2.45) is 5.92 Å². The molecule has 1 N–H and O–H groups in total. The van der Waals surface area contributed by atoms with Crippen LogP contribution in [0.3, 0.4) is 0 Å². The van der Waals surface area contributed by atoms with Gasteiger partial charge in [0.25, 0.3) is 0 Å². The van der Waals surface area contributed by atoms with Crippen LogP contribution in [0, 0.1) is 12.8 Å². The summed E-state index contributed by atoms with van der Waals surface area (Å²) in [6.45, 7) is 4.47. The van der Waals surface area contributed by atoms with Crippen molar-refractivity contribution in [3.05, 3.63) is 11.3 Å². The number of rotatable bonds is 4. The lowest BCUT2D eigenvalue weighted by atomic mass is 10.2. The SMILES string of the molecule is CC(=O)c1c(C)nsc1NCC1CC1. The molecule has 1 aromatic rings. The van der Waals surface area contributed by atoms with Gasteiger partial charge in [0, 0.05) is 6.54 Å². The molecule has 3 nitrogen and oxygen atoms in total. The van der Waals surface area contributed by atoms with E-state index in [1.165, 1.54) is 24.4 Å². The highest BCUT2D eigenvalue weighted by molar-refractivity contribution is 7.10. The normalized spacial score (nSPS) is 15.6. The molecule has 1 heterocycles. The summed E-state index contributed by atoms with van der Waals surface area (Å²) in [6.07, 6.45) is 2.64. The van der Waals surface area contributed by atoms with Gasteiger partial charge in [-0.15, -0.1) is 0 Å². The lowest BCUT2D eigenvalue weighted by Crippen LogP contribution is -2.05. The fourth-order valence-electron chi connectivity index (χ4n) is 1.46. The number of Topliss-reactive ketones (excluding diaryl/α,β-unsaturated/α-hetero) is 1. The summed E-state index contributed by atoms with van der Waals surface area (Å²) in [5.41, 5.74) is 1.62. The molecule has 14 heavy (non-hydrogen) atoms. The molecule has 1 aliphatic rings. The van der Waals surface area contributed by atoms with Crippen LogP contribution in [0.15, 0.2) is 0 Å². The van der Waals surface area contributed by atoms with Gasteiger partial charge in [0.15, 0.2) is 5.78 Å². The van der Waals surface area contributed by atoms with Crippen molar-refractivity contribution in [2.45, 2.75) is 26.7 Å². The number of hydrogen-bond acceptors (Lipinski definition) is 4. The number of carbonyl (C=O) groups is 1. The minimum absolute atomic E-state index is 0.106. The fraction of sp³-hybridized carbons (Fsp3) is 0.600. The predicted octanol–water partition coefficient (Wildman–Crippen LogP) is 2.48. The van der Waals surface area contributed by atoms with Crippen molar-refractivity contribution in [2.75, 3.05) is 11.9 Å². The molecule has 0 saturated heterocycles. The Morgan fingerprint density at radius 3 is 2.93 bits per heavy atom. The Labute approximate surface area is 87.7 Å². The van der Waals surface area contributed by atoms with Crippen LogP contribution in [0.5, 0.6) is 0 Å². The first-order valence-electron chi connectivity index (χ1n) is 4.89. The van der Waals surface area contributed by atoms with Crippen LogP contribution in [-0.2, 0) is 0 Å². The number of anilines is 1. The van der Waals surface area contributed by atoms with E-state index < -0.39 is 0 Å². The average molecular weight is 210 g/mol. The van der Waals surface area contributed by atoms with Crippen LogP contribution in [0.1, 0.15) is 35.8 Å². The van der Waals surface area contributed by atoms with Crippen molar-refractivity contribution >= 4 is 22.3 Å². The van der Waals surface area contributed by atoms with Gasteiger partial charge in [-0.2, -0.15) is 4.37 Å². The minimum atomic E-state index is 0.106. The van der Waals surface area contributed by atoms with Crippen LogP contribution in [0.4, 0.5) is 5.00 Å². The summed E-state index contributed by atoms with van der Waals surface area (Å²) in [5, 5.41) is 4.26. The van der Waals surface area contributed by atoms with Crippen molar-refractivity contribution in [3.63, 3.8) is 0 Å². The molecule has 0 aliphatic heterocycles. The third-order valence-corrected chi connectivity index (χ3v) is 3.36. The summed E-state index contributed by atoms with van der Waals surface area (Å²) in [6, 6.07) is 0. The fourth-order valence-corrected chi connectivity index (χ4v) is 2.31. The highest BCUT2D eigenvalue weighted by Gasteiger charge is 2.22. The molecular weight excluding hydrogens is 196 g/mol. The smallest absolute Gasteiger partial charge is 0.164 e. The molecule has 76 valence electrons. The maximum absolute atomic E-state index is 11.3. The maximum Gasteiger partial charge on any atom is 0.164 e. The number of nitrogens with one attached hydrogen (secondary N) is 1. The maximum atomic E-state index is 11.3. The summed E-state index contributed by atoms with van der Waals surface area (Å²) in [7, 11) is 0. The Bertz CT molecular complexity index is 355. The van der Waals surface area contributed by atoms with Gasteiger partial charge in [0.2, 0.25) is 0 Å². The quantitative estimate of drug-likeness (QED) is 0.776. The molecule has 0 bridgehead atoms. The summed E-state index contributed by atoms with van der Waals surface area (Å²) in [4.78, 5) is 11.3. The topological polar surface area (TPSA) is 42.0 Å². The Kier molecular flexibility index (Phi) is 2.54. The molecule has 0 spiro atoms. The van der Waals surface area contributed by atoms with E-state index in [4.69, 9.17) is 0 Å². The molecule has 1 aromatic heterocycles. The molecule has 0 radical (unpaired) electrons. The van der Waals surface area contributed by atoms with Gasteiger partial charge >= 0.3 is 0 Å². The Hall–Kier alpha value is -0.900. The zero-order chi connectivity index (χ0) is 10.1. The van der Waals surface area contributed by atoms with Crippen LogP contribution in [0.25, 0.3) is 0 Å². The van der Waals surface area contributed by atoms with Crippen molar-refractivity contribution in [3.8, 4) is 0 Å². The monoisotopic (exact) mass is 210 g/mol. The molecular formula is C10H14N2OS. The second kappa shape index (κ2) is 3.69. The van der Waals surface area contributed by atoms with E-state index in [0.717, 1.165) is 28.7 Å². The molecule has 4 heteroatoms. The summed E-state index contributed by atoms with van der Waals surface area (Å²) in [5.74, 6) is 0.923. The van der Waals surface area contributed by atoms with Crippen LogP contribution in [-0.4, -0.2) is 16.7 Å². The van der Waals surface area contributed by atoms with Crippen LogP contribution < -0.4 is 5.32 Å². The van der Waals surface area contributed by atoms with E-state index in [1.54, 1.807) is 6.92 Å². The van der Waals surface area contributed by atoms with E-state index in [2.05, 4.69) is 9.69 Å². The van der Waals surface area contributed by atoms with Crippen molar-refractivity contribution < 1.29 is 4.79 Å². The molecule has 2 rings (SSSR count). The van der Waals surface area contributed by atoms with Gasteiger partial charge in [0.1, 0.15) is 5.00 Å². The van der Waals surface area contributed by atoms with Gasteiger partial charge in [-0.25, -0.2) is 0 Å². The number of ketones is 1. The highest BCUT2D eigenvalue weighted by Crippen LogP contribution is 2.31. The number of aromatic nitrogens is 1. The van der Waals surface area contributed by atoms with E-state index in [9.17, 15) is 4.79 Å². The van der Waals surface area contributed by atoms with E-state index in [0.29, 0.717) is 0 Å². The zero-order valence-corrected chi connectivity index (χ0v) is 9.28. The Morgan fingerprint density at radius 1 is 1.64 bits per heavy atom. The predicted molar refractivity (Wildman–Crippen MR) is 58.1 cm³/mol. The number of carbonyl (C=O) groups excluding carboxylic acids is 1. The third kappa shape index (κ3) is 1.95. The summed E-state index contributed by atoms with van der Waals surface area (Å²) < 4.78 is 4.19.